The molecule has 0 radical (unpaired) electrons. The third kappa shape index (κ3) is 4.81. The molecule has 1 aliphatic carbocycles. The second kappa shape index (κ2) is 8.58. The molecule has 1 fully saturated rings. The average Bonchev–Trinajstić information content (AvgIpc) is 3.20. The Balaban J connectivity index is 1.62. The summed E-state index contributed by atoms with van der Waals surface area (Å²) in [6.45, 7) is 6.50. The molecule has 1 aliphatic rings. The van der Waals surface area contributed by atoms with Crippen molar-refractivity contribution in [1.82, 2.24) is 15.1 Å². The van der Waals surface area contributed by atoms with Gasteiger partial charge in [0.2, 0.25) is 11.8 Å². The van der Waals surface area contributed by atoms with Crippen LogP contribution in [0.25, 0.3) is 11.5 Å². The molecular formula is C22H28N4O2S. The lowest BCUT2D eigenvalue weighted by Gasteiger charge is -2.38. The maximum Gasteiger partial charge on any atom is 0.277 e. The number of nitrogens with zero attached hydrogens (tertiary/aromatic N) is 4. The van der Waals surface area contributed by atoms with E-state index >= 15 is 0 Å². The molecule has 6 nitrogen and oxygen atoms in total. The van der Waals surface area contributed by atoms with E-state index in [1.165, 1.54) is 17.3 Å². The molecule has 0 N–H and O–H groups in total. The lowest BCUT2D eigenvalue weighted by molar-refractivity contribution is -0.131. The molecule has 29 heavy (non-hydrogen) atoms. The Bertz CT molecular complexity index is 887. The van der Waals surface area contributed by atoms with Crippen LogP contribution < -0.4 is 0 Å². The summed E-state index contributed by atoms with van der Waals surface area (Å²) in [5.41, 5.74) is 1.49. The van der Waals surface area contributed by atoms with E-state index in [9.17, 15) is 10.1 Å². The Morgan fingerprint density at radius 1 is 1.21 bits per heavy atom. The van der Waals surface area contributed by atoms with Gasteiger partial charge in [0, 0.05) is 12.6 Å². The Morgan fingerprint density at radius 2 is 1.86 bits per heavy atom. The Kier molecular flexibility index (Phi) is 6.33. The van der Waals surface area contributed by atoms with Crippen LogP contribution in [0, 0.1) is 11.3 Å². The van der Waals surface area contributed by atoms with Gasteiger partial charge in [-0.15, -0.1) is 10.2 Å². The van der Waals surface area contributed by atoms with Crippen LogP contribution in [-0.2, 0) is 10.2 Å². The van der Waals surface area contributed by atoms with E-state index in [2.05, 4.69) is 49.2 Å². The molecule has 2 aromatic rings. The van der Waals surface area contributed by atoms with Gasteiger partial charge in [-0.05, 0) is 36.0 Å². The van der Waals surface area contributed by atoms with Gasteiger partial charge in [-0.3, -0.25) is 4.79 Å². The highest BCUT2D eigenvalue weighted by molar-refractivity contribution is 7.99. The first-order valence-corrected chi connectivity index (χ1v) is 11.0. The number of benzene rings is 1. The largest absolute Gasteiger partial charge is 0.411 e. The maximum atomic E-state index is 12.7. The maximum absolute atomic E-state index is 12.7. The summed E-state index contributed by atoms with van der Waals surface area (Å²) in [6, 6.07) is 10.5. The summed E-state index contributed by atoms with van der Waals surface area (Å²) in [4.78, 5) is 14.3. The standard InChI is InChI=1S/C22H28N4O2S/c1-21(2,3)17-10-8-16(9-11-17)19-24-25-20(28-19)29-14-18(27)26(4)22(15-23)12-6-5-7-13-22/h8-11H,5-7,12-14H2,1-4H3. The predicted octanol–water partition coefficient (Wildman–Crippen LogP) is 4.81. The van der Waals surface area contributed by atoms with Gasteiger partial charge in [-0.25, -0.2) is 0 Å². The molecule has 7 heteroatoms. The molecule has 1 heterocycles. The number of rotatable bonds is 5. The van der Waals surface area contributed by atoms with Crippen molar-refractivity contribution in [3.63, 3.8) is 0 Å². The number of thioether (sulfide) groups is 1. The third-order valence-electron chi connectivity index (χ3n) is 5.63. The zero-order valence-corrected chi connectivity index (χ0v) is 18.4. The van der Waals surface area contributed by atoms with Gasteiger partial charge in [0.25, 0.3) is 5.22 Å². The van der Waals surface area contributed by atoms with Crippen LogP contribution in [0.15, 0.2) is 33.9 Å². The molecule has 0 atom stereocenters. The number of nitriles is 1. The van der Waals surface area contributed by atoms with Gasteiger partial charge in [0.1, 0.15) is 5.54 Å². The molecule has 0 bridgehead atoms. The minimum atomic E-state index is -0.676. The fraction of sp³-hybridized carbons (Fsp3) is 0.545. The smallest absolute Gasteiger partial charge is 0.277 e. The van der Waals surface area contributed by atoms with Crippen molar-refractivity contribution >= 4 is 17.7 Å². The molecule has 1 aromatic heterocycles. The number of aromatic nitrogens is 2. The first-order chi connectivity index (χ1) is 13.7. The molecular weight excluding hydrogens is 384 g/mol. The Labute approximate surface area is 176 Å². The summed E-state index contributed by atoms with van der Waals surface area (Å²) in [5.74, 6) is 0.520. The fourth-order valence-corrected chi connectivity index (χ4v) is 4.29. The number of carbonyl (C=O) groups excluding carboxylic acids is 1. The van der Waals surface area contributed by atoms with Crippen molar-refractivity contribution < 1.29 is 9.21 Å². The van der Waals surface area contributed by atoms with Gasteiger partial charge >= 0.3 is 0 Å². The second-order valence-corrected chi connectivity index (χ2v) is 9.57. The summed E-state index contributed by atoms with van der Waals surface area (Å²) >= 11 is 1.21. The van der Waals surface area contributed by atoms with Gasteiger partial charge in [0.15, 0.2) is 0 Å². The molecule has 0 unspecified atom stereocenters. The van der Waals surface area contributed by atoms with Gasteiger partial charge in [0.05, 0.1) is 11.8 Å². The molecule has 0 saturated heterocycles. The van der Waals surface area contributed by atoms with Crippen molar-refractivity contribution in [2.24, 2.45) is 0 Å². The van der Waals surface area contributed by atoms with Crippen molar-refractivity contribution in [1.29, 1.82) is 5.26 Å². The van der Waals surface area contributed by atoms with E-state index in [0.717, 1.165) is 37.7 Å². The van der Waals surface area contributed by atoms with Crippen molar-refractivity contribution in [2.75, 3.05) is 12.8 Å². The summed E-state index contributed by atoms with van der Waals surface area (Å²) in [6.07, 6.45) is 4.58. The van der Waals surface area contributed by atoms with Gasteiger partial charge in [-0.1, -0.05) is 63.9 Å². The molecule has 1 saturated carbocycles. The van der Waals surface area contributed by atoms with Crippen LogP contribution >= 0.6 is 11.8 Å². The van der Waals surface area contributed by atoms with Crippen molar-refractivity contribution in [3.05, 3.63) is 29.8 Å². The minimum absolute atomic E-state index is 0.0832. The van der Waals surface area contributed by atoms with Crippen LogP contribution in [0.3, 0.4) is 0 Å². The molecule has 3 rings (SSSR count). The lowest BCUT2D eigenvalue weighted by atomic mass is 9.81. The Hall–Kier alpha value is -2.33. The summed E-state index contributed by atoms with van der Waals surface area (Å²) in [7, 11) is 1.73. The van der Waals surface area contributed by atoms with Gasteiger partial charge < -0.3 is 9.32 Å². The molecule has 1 aromatic carbocycles. The van der Waals surface area contributed by atoms with E-state index < -0.39 is 5.54 Å². The quantitative estimate of drug-likeness (QED) is 0.655. The average molecular weight is 413 g/mol. The Morgan fingerprint density at radius 3 is 2.45 bits per heavy atom. The van der Waals surface area contributed by atoms with Crippen LogP contribution in [-0.4, -0.2) is 39.3 Å². The lowest BCUT2D eigenvalue weighted by Crippen LogP contribution is -2.50. The third-order valence-corrected chi connectivity index (χ3v) is 6.43. The SMILES string of the molecule is CN(C(=O)CSc1nnc(-c2ccc(C(C)(C)C)cc2)o1)C1(C#N)CCCCC1. The molecule has 1 amide bonds. The number of amides is 1. The van der Waals surface area contributed by atoms with Crippen LogP contribution in [0.1, 0.15) is 58.4 Å². The van der Waals surface area contributed by atoms with Gasteiger partial charge in [-0.2, -0.15) is 5.26 Å². The van der Waals surface area contributed by atoms with E-state index in [-0.39, 0.29) is 17.1 Å². The monoisotopic (exact) mass is 412 g/mol. The number of hydrogen-bond acceptors (Lipinski definition) is 6. The van der Waals surface area contributed by atoms with Crippen LogP contribution in [0.5, 0.6) is 0 Å². The minimum Gasteiger partial charge on any atom is -0.411 e. The number of carbonyl (C=O) groups is 1. The fourth-order valence-electron chi connectivity index (χ4n) is 3.62. The first-order valence-electron chi connectivity index (χ1n) is 10.0. The highest BCUT2D eigenvalue weighted by Crippen LogP contribution is 2.33. The number of hydrogen-bond donors (Lipinski definition) is 0. The van der Waals surface area contributed by atoms with E-state index in [1.54, 1.807) is 11.9 Å². The highest BCUT2D eigenvalue weighted by Gasteiger charge is 2.38. The molecule has 0 aliphatic heterocycles. The molecule has 154 valence electrons. The van der Waals surface area contributed by atoms with Crippen LogP contribution in [0.4, 0.5) is 0 Å². The summed E-state index contributed by atoms with van der Waals surface area (Å²) < 4.78 is 5.73. The predicted molar refractivity (Wildman–Crippen MR) is 113 cm³/mol. The zero-order chi connectivity index (χ0) is 21.1. The summed E-state index contributed by atoms with van der Waals surface area (Å²) in [5, 5.41) is 18.2. The first kappa shape index (κ1) is 21.4. The van der Waals surface area contributed by atoms with E-state index in [0.29, 0.717) is 11.1 Å². The zero-order valence-electron chi connectivity index (χ0n) is 17.6. The molecule has 0 spiro atoms. The second-order valence-electron chi connectivity index (χ2n) is 8.65. The van der Waals surface area contributed by atoms with Crippen molar-refractivity contribution in [3.8, 4) is 17.5 Å². The van der Waals surface area contributed by atoms with E-state index in [4.69, 9.17) is 4.42 Å². The van der Waals surface area contributed by atoms with Crippen LogP contribution in [0.2, 0.25) is 0 Å². The highest BCUT2D eigenvalue weighted by atomic mass is 32.2. The normalized spacial score (nSPS) is 16.2. The van der Waals surface area contributed by atoms with Crippen molar-refractivity contribution in [2.45, 2.75) is 69.1 Å². The van der Waals surface area contributed by atoms with E-state index in [1.807, 2.05) is 12.1 Å². The topological polar surface area (TPSA) is 83.0 Å².